The molecular formula is C17H23NO4. The van der Waals surface area contributed by atoms with E-state index in [0.29, 0.717) is 6.42 Å². The molecule has 0 aliphatic rings. The van der Waals surface area contributed by atoms with Crippen LogP contribution in [0.25, 0.3) is 0 Å². The monoisotopic (exact) mass is 305 g/mol. The molecule has 0 fully saturated rings. The van der Waals surface area contributed by atoms with Gasteiger partial charge in [0.1, 0.15) is 6.04 Å². The average Bonchev–Trinajstić information content (AvgIpc) is 2.52. The molecule has 0 unspecified atom stereocenters. The quantitative estimate of drug-likeness (QED) is 0.620. The minimum Gasteiger partial charge on any atom is -0.467 e. The van der Waals surface area contributed by atoms with Gasteiger partial charge in [0, 0.05) is 7.11 Å². The van der Waals surface area contributed by atoms with E-state index in [2.05, 4.69) is 5.32 Å². The molecule has 5 nitrogen and oxygen atoms in total. The van der Waals surface area contributed by atoms with Crippen molar-refractivity contribution in [3.05, 3.63) is 47.5 Å². The van der Waals surface area contributed by atoms with Crippen LogP contribution in [0.3, 0.4) is 0 Å². The Morgan fingerprint density at radius 3 is 2.32 bits per heavy atom. The Bertz CT molecular complexity index is 521. The third-order valence-corrected chi connectivity index (χ3v) is 3.14. The molecule has 0 aromatic heterocycles. The van der Waals surface area contributed by atoms with Crippen molar-refractivity contribution in [3.63, 3.8) is 0 Å². The van der Waals surface area contributed by atoms with E-state index in [-0.39, 0.29) is 5.91 Å². The first kappa shape index (κ1) is 17.9. The fourth-order valence-corrected chi connectivity index (χ4v) is 1.98. The number of hydrogen-bond acceptors (Lipinski definition) is 4. The highest BCUT2D eigenvalue weighted by Gasteiger charge is 2.26. The normalized spacial score (nSPS) is 12.9. The first-order valence-electron chi connectivity index (χ1n) is 7.09. The highest BCUT2D eigenvalue weighted by molar-refractivity contribution is 5.87. The fraction of sp³-hybridized carbons (Fsp3) is 0.412. The number of ether oxygens (including phenoxy) is 2. The van der Waals surface area contributed by atoms with Gasteiger partial charge in [0.2, 0.25) is 0 Å². The van der Waals surface area contributed by atoms with Gasteiger partial charge in [-0.05, 0) is 25.8 Å². The summed E-state index contributed by atoms with van der Waals surface area (Å²) in [5.74, 6) is -0.847. The van der Waals surface area contributed by atoms with Crippen LogP contribution in [0.15, 0.2) is 42.0 Å². The molecule has 0 bridgehead atoms. The Morgan fingerprint density at radius 2 is 1.82 bits per heavy atom. The second-order valence-electron chi connectivity index (χ2n) is 5.13. The van der Waals surface area contributed by atoms with Gasteiger partial charge in [0.15, 0.2) is 6.10 Å². The van der Waals surface area contributed by atoms with E-state index in [4.69, 9.17) is 9.47 Å². The summed E-state index contributed by atoms with van der Waals surface area (Å²) >= 11 is 0. The summed E-state index contributed by atoms with van der Waals surface area (Å²) in [6.45, 7) is 3.86. The van der Waals surface area contributed by atoms with E-state index in [9.17, 15) is 9.59 Å². The molecule has 0 radical (unpaired) electrons. The zero-order valence-electron chi connectivity index (χ0n) is 13.5. The molecule has 1 aromatic rings. The van der Waals surface area contributed by atoms with Crippen LogP contribution in [-0.2, 0) is 19.1 Å². The lowest BCUT2D eigenvalue weighted by atomic mass is 10.1. The van der Waals surface area contributed by atoms with Gasteiger partial charge in [-0.1, -0.05) is 42.0 Å². The summed E-state index contributed by atoms with van der Waals surface area (Å²) in [4.78, 5) is 24.2. The molecule has 0 aliphatic heterocycles. The fourth-order valence-electron chi connectivity index (χ4n) is 1.98. The number of methoxy groups -OCH3 is 2. The molecule has 1 aromatic carbocycles. The highest BCUT2D eigenvalue weighted by atomic mass is 16.5. The molecule has 0 aliphatic carbocycles. The average molecular weight is 305 g/mol. The molecular weight excluding hydrogens is 282 g/mol. The Morgan fingerprint density at radius 1 is 1.18 bits per heavy atom. The molecule has 1 rings (SSSR count). The highest BCUT2D eigenvalue weighted by Crippen LogP contribution is 2.17. The smallest absolute Gasteiger partial charge is 0.328 e. The van der Waals surface area contributed by atoms with Gasteiger partial charge in [-0.2, -0.15) is 0 Å². The lowest BCUT2D eigenvalue weighted by Crippen LogP contribution is -2.43. The summed E-state index contributed by atoms with van der Waals surface area (Å²) in [6, 6.07) is 8.40. The van der Waals surface area contributed by atoms with Crippen LogP contribution in [-0.4, -0.2) is 32.1 Å². The van der Waals surface area contributed by atoms with E-state index in [0.717, 1.165) is 11.1 Å². The van der Waals surface area contributed by atoms with Crippen molar-refractivity contribution in [2.75, 3.05) is 14.2 Å². The second-order valence-corrected chi connectivity index (χ2v) is 5.13. The lowest BCUT2D eigenvalue weighted by molar-refractivity contribution is -0.146. The number of carbonyl (C=O) groups is 2. The van der Waals surface area contributed by atoms with Crippen molar-refractivity contribution in [2.24, 2.45) is 0 Å². The third kappa shape index (κ3) is 5.33. The van der Waals surface area contributed by atoms with E-state index >= 15 is 0 Å². The Hall–Kier alpha value is -2.14. The number of esters is 1. The largest absolute Gasteiger partial charge is 0.467 e. The first-order valence-corrected chi connectivity index (χ1v) is 7.09. The number of nitrogens with one attached hydrogen (secondary N) is 1. The summed E-state index contributed by atoms with van der Waals surface area (Å²) in [7, 11) is 2.76. The van der Waals surface area contributed by atoms with Crippen molar-refractivity contribution in [2.45, 2.75) is 32.4 Å². The van der Waals surface area contributed by atoms with Gasteiger partial charge < -0.3 is 14.8 Å². The van der Waals surface area contributed by atoms with Crippen LogP contribution < -0.4 is 5.32 Å². The molecule has 1 amide bonds. The zero-order chi connectivity index (χ0) is 16.5. The van der Waals surface area contributed by atoms with Crippen molar-refractivity contribution in [3.8, 4) is 0 Å². The van der Waals surface area contributed by atoms with Gasteiger partial charge in [0.05, 0.1) is 7.11 Å². The number of amides is 1. The van der Waals surface area contributed by atoms with Crippen LogP contribution in [0.5, 0.6) is 0 Å². The number of carbonyl (C=O) groups excluding carboxylic acids is 2. The predicted molar refractivity (Wildman–Crippen MR) is 84.2 cm³/mol. The van der Waals surface area contributed by atoms with Crippen LogP contribution >= 0.6 is 0 Å². The summed E-state index contributed by atoms with van der Waals surface area (Å²) < 4.78 is 10.00. The van der Waals surface area contributed by atoms with Gasteiger partial charge in [-0.15, -0.1) is 0 Å². The third-order valence-electron chi connectivity index (χ3n) is 3.14. The number of benzene rings is 1. The zero-order valence-corrected chi connectivity index (χ0v) is 13.5. The maximum Gasteiger partial charge on any atom is 0.328 e. The molecule has 0 saturated carbocycles. The van der Waals surface area contributed by atoms with E-state index < -0.39 is 18.1 Å². The molecule has 0 spiro atoms. The topological polar surface area (TPSA) is 64.6 Å². The summed E-state index contributed by atoms with van der Waals surface area (Å²) in [6.07, 6.45) is 1.50. The maximum absolute atomic E-state index is 12.4. The maximum atomic E-state index is 12.4. The van der Waals surface area contributed by atoms with Crippen LogP contribution in [0.2, 0.25) is 0 Å². The van der Waals surface area contributed by atoms with E-state index in [1.807, 2.05) is 38.1 Å². The van der Waals surface area contributed by atoms with Crippen molar-refractivity contribution < 1.29 is 19.1 Å². The summed E-state index contributed by atoms with van der Waals surface area (Å²) in [5.41, 5.74) is 1.79. The van der Waals surface area contributed by atoms with Crippen LogP contribution in [0.4, 0.5) is 0 Å². The van der Waals surface area contributed by atoms with Gasteiger partial charge in [-0.3, -0.25) is 4.79 Å². The van der Waals surface area contributed by atoms with Crippen LogP contribution in [0.1, 0.15) is 31.9 Å². The van der Waals surface area contributed by atoms with Gasteiger partial charge in [-0.25, -0.2) is 4.79 Å². The number of rotatable bonds is 7. The molecule has 2 atom stereocenters. The Balaban J connectivity index is 2.84. The summed E-state index contributed by atoms with van der Waals surface area (Å²) in [5, 5.41) is 2.69. The molecule has 22 heavy (non-hydrogen) atoms. The number of hydrogen-bond donors (Lipinski definition) is 1. The molecule has 0 heterocycles. The van der Waals surface area contributed by atoms with Gasteiger partial charge >= 0.3 is 5.97 Å². The molecule has 120 valence electrons. The SMILES string of the molecule is COC(=O)[C@H](CC=C(C)C)NC(=O)[C@@H](OC)c1ccccc1. The molecule has 1 N–H and O–H groups in total. The van der Waals surface area contributed by atoms with E-state index in [1.54, 1.807) is 12.1 Å². The minimum atomic E-state index is -0.764. The predicted octanol–water partition coefficient (Wildman–Crippen LogP) is 2.39. The van der Waals surface area contributed by atoms with Gasteiger partial charge in [0.25, 0.3) is 5.91 Å². The number of allylic oxidation sites excluding steroid dienone is 1. The molecule has 0 saturated heterocycles. The second kappa shape index (κ2) is 9.00. The first-order chi connectivity index (χ1) is 10.5. The standard InChI is InChI=1S/C17H23NO4/c1-12(2)10-11-14(17(20)22-4)18-16(19)15(21-3)13-8-6-5-7-9-13/h5-10,14-15H,11H2,1-4H3,(H,18,19)/t14-,15-/m0/s1. The van der Waals surface area contributed by atoms with Crippen molar-refractivity contribution in [1.82, 2.24) is 5.32 Å². The Labute approximate surface area is 131 Å². The van der Waals surface area contributed by atoms with Crippen molar-refractivity contribution >= 4 is 11.9 Å². The minimum absolute atomic E-state index is 0.369. The Kier molecular flexibility index (Phi) is 7.32. The van der Waals surface area contributed by atoms with Crippen LogP contribution in [0, 0.1) is 0 Å². The molecule has 5 heteroatoms. The lowest BCUT2D eigenvalue weighted by Gasteiger charge is -2.20. The van der Waals surface area contributed by atoms with Crippen molar-refractivity contribution in [1.29, 1.82) is 0 Å². The van der Waals surface area contributed by atoms with E-state index in [1.165, 1.54) is 14.2 Å².